The first-order valence-corrected chi connectivity index (χ1v) is 17.0. The van der Waals surface area contributed by atoms with E-state index in [-0.39, 0.29) is 5.56 Å². The van der Waals surface area contributed by atoms with E-state index in [0.29, 0.717) is 29.9 Å². The van der Waals surface area contributed by atoms with Crippen molar-refractivity contribution in [3.63, 3.8) is 0 Å². The number of carbonyl (C=O) groups excluding carboxylic acids is 1. The highest BCUT2D eigenvalue weighted by Crippen LogP contribution is 2.29. The number of aryl methyl sites for hydroxylation is 1. The molecule has 3 aliphatic heterocycles. The lowest BCUT2D eigenvalue weighted by Gasteiger charge is -2.34. The van der Waals surface area contributed by atoms with Gasteiger partial charge in [0.2, 0.25) is 0 Å². The number of aromatic amines is 1. The Bertz CT molecular complexity index is 1980. The molecule has 1 fully saturated rings. The summed E-state index contributed by atoms with van der Waals surface area (Å²) >= 11 is 0. The van der Waals surface area contributed by atoms with Crippen molar-refractivity contribution in [1.82, 2.24) is 24.9 Å². The molecule has 11 heteroatoms. The Morgan fingerprint density at radius 1 is 1.08 bits per heavy atom. The maximum Gasteiger partial charge on any atom is 0.258 e. The van der Waals surface area contributed by atoms with Crippen molar-refractivity contribution < 1.29 is 9.18 Å². The minimum atomic E-state index is -0.777. The lowest BCUT2D eigenvalue weighted by atomic mass is 9.85. The summed E-state index contributed by atoms with van der Waals surface area (Å²) in [6, 6.07) is 11.0. The predicted molar refractivity (Wildman–Crippen MR) is 195 cm³/mol. The number of hydrogen-bond donors (Lipinski definition) is 3. The number of benzene rings is 2. The van der Waals surface area contributed by atoms with Crippen molar-refractivity contribution >= 4 is 23.1 Å². The number of aromatic nitrogens is 2. The highest BCUT2D eigenvalue weighted by molar-refractivity contribution is 6.05. The zero-order chi connectivity index (χ0) is 35.3. The van der Waals surface area contributed by atoms with Crippen LogP contribution in [0.5, 0.6) is 0 Å². The van der Waals surface area contributed by atoms with Crippen LogP contribution in [0.3, 0.4) is 0 Å². The third-order valence-electron chi connectivity index (χ3n) is 9.08. The lowest BCUT2D eigenvalue weighted by Crippen LogP contribution is -2.46. The molecule has 0 atom stereocenters. The molecular formula is C39H42FN9O. The summed E-state index contributed by atoms with van der Waals surface area (Å²) in [5.41, 5.74) is 4.91. The third kappa shape index (κ3) is 7.86. The van der Waals surface area contributed by atoms with Gasteiger partial charge in [-0.15, -0.1) is 0 Å². The van der Waals surface area contributed by atoms with Crippen LogP contribution >= 0.6 is 0 Å². The molecule has 1 aromatic heterocycles. The average molecular weight is 672 g/mol. The summed E-state index contributed by atoms with van der Waals surface area (Å²) in [6.07, 6.45) is 12.2. The van der Waals surface area contributed by atoms with Crippen molar-refractivity contribution in [3.05, 3.63) is 112 Å². The number of rotatable bonds is 9. The molecule has 50 heavy (non-hydrogen) atoms. The van der Waals surface area contributed by atoms with Gasteiger partial charge in [0.1, 0.15) is 5.82 Å². The van der Waals surface area contributed by atoms with Crippen molar-refractivity contribution in [3.8, 4) is 17.9 Å². The zero-order valence-electron chi connectivity index (χ0n) is 29.0. The number of nitrogens with one attached hydrogen (secondary N) is 3. The summed E-state index contributed by atoms with van der Waals surface area (Å²) in [7, 11) is 0. The summed E-state index contributed by atoms with van der Waals surface area (Å²) in [4.78, 5) is 25.1. The predicted octanol–water partition coefficient (Wildman–Crippen LogP) is 5.91. The molecule has 256 valence electrons. The Kier molecular flexibility index (Phi) is 10.3. The molecule has 3 aliphatic rings. The maximum atomic E-state index is 15.4. The quantitative estimate of drug-likeness (QED) is 0.242. The molecule has 10 nitrogen and oxygen atoms in total. The van der Waals surface area contributed by atoms with E-state index in [1.165, 1.54) is 12.1 Å². The fourth-order valence-electron chi connectivity index (χ4n) is 6.19. The van der Waals surface area contributed by atoms with E-state index in [4.69, 9.17) is 0 Å². The molecule has 0 saturated carbocycles. The lowest BCUT2D eigenvalue weighted by molar-refractivity contribution is 0.102. The van der Waals surface area contributed by atoms with Crippen LogP contribution in [0.1, 0.15) is 59.8 Å². The van der Waals surface area contributed by atoms with Crippen LogP contribution in [-0.2, 0) is 12.0 Å². The van der Waals surface area contributed by atoms with Gasteiger partial charge in [-0.1, -0.05) is 18.9 Å². The highest BCUT2D eigenvalue weighted by atomic mass is 19.1. The van der Waals surface area contributed by atoms with Gasteiger partial charge in [0.25, 0.3) is 5.91 Å². The minimum absolute atomic E-state index is 0.106. The number of anilines is 2. The van der Waals surface area contributed by atoms with E-state index in [9.17, 15) is 10.1 Å². The second kappa shape index (κ2) is 15.0. The van der Waals surface area contributed by atoms with Gasteiger partial charge >= 0.3 is 0 Å². The van der Waals surface area contributed by atoms with Crippen LogP contribution in [0.2, 0.25) is 0 Å². The normalized spacial score (nSPS) is 16.3. The molecule has 0 spiro atoms. The number of nitriles is 1. The van der Waals surface area contributed by atoms with Gasteiger partial charge < -0.3 is 15.5 Å². The zero-order valence-corrected chi connectivity index (χ0v) is 29.0. The molecule has 0 radical (unpaired) electrons. The van der Waals surface area contributed by atoms with E-state index < -0.39 is 17.1 Å². The number of carbonyl (C=O) groups is 1. The van der Waals surface area contributed by atoms with Crippen LogP contribution < -0.4 is 10.6 Å². The molecule has 4 heterocycles. The van der Waals surface area contributed by atoms with Crippen LogP contribution in [-0.4, -0.2) is 75.9 Å². The van der Waals surface area contributed by atoms with Crippen LogP contribution in [0.15, 0.2) is 83.5 Å². The SMILES string of the molecule is CCCN1CCN(Cc2cc(NC(=O)c3cc(C#CC4=CCN=C5C(Nc6cn[nH]c6)=CC=CN45)c(C)cc3F)cc(C(C)(C)C#N)c2)CC1. The number of allylic oxidation sites excluding steroid dienone is 3. The van der Waals surface area contributed by atoms with E-state index in [2.05, 4.69) is 60.5 Å². The van der Waals surface area contributed by atoms with Crippen LogP contribution in [0.25, 0.3) is 0 Å². The third-order valence-corrected chi connectivity index (χ3v) is 9.08. The van der Waals surface area contributed by atoms with Crippen molar-refractivity contribution in [2.45, 2.75) is 46.1 Å². The maximum absolute atomic E-state index is 15.4. The Morgan fingerprint density at radius 2 is 1.88 bits per heavy atom. The Balaban J connectivity index is 1.20. The molecule has 6 rings (SSSR count). The Labute approximate surface area is 293 Å². The van der Waals surface area contributed by atoms with E-state index >= 15 is 4.39 Å². The van der Waals surface area contributed by atoms with Crippen molar-refractivity contribution in [2.24, 2.45) is 4.99 Å². The molecule has 3 aromatic rings. The molecule has 0 aliphatic carbocycles. The number of aliphatic imine (C=N–C) groups is 1. The molecular weight excluding hydrogens is 629 g/mol. The number of hydrogen-bond acceptors (Lipinski definition) is 8. The van der Waals surface area contributed by atoms with Gasteiger partial charge in [-0.05, 0) is 98.8 Å². The smallest absolute Gasteiger partial charge is 0.258 e. The second-order valence-corrected chi connectivity index (χ2v) is 13.3. The number of piperazine rings is 1. The number of H-pyrrole nitrogens is 1. The number of amides is 1. The topological polar surface area (TPSA) is 116 Å². The first kappa shape index (κ1) is 34.4. The van der Waals surface area contributed by atoms with Gasteiger partial charge in [-0.2, -0.15) is 10.4 Å². The van der Waals surface area contributed by atoms with Crippen LogP contribution in [0.4, 0.5) is 15.8 Å². The molecule has 3 N–H and O–H groups in total. The highest BCUT2D eigenvalue weighted by Gasteiger charge is 2.25. The summed E-state index contributed by atoms with van der Waals surface area (Å²) in [5, 5.41) is 22.9. The van der Waals surface area contributed by atoms with E-state index in [0.717, 1.165) is 73.2 Å². The Hall–Kier alpha value is -5.49. The van der Waals surface area contributed by atoms with Gasteiger partial charge in [0.15, 0.2) is 5.84 Å². The average Bonchev–Trinajstić information content (AvgIpc) is 3.62. The van der Waals surface area contributed by atoms with Gasteiger partial charge in [0, 0.05) is 56.4 Å². The largest absolute Gasteiger partial charge is 0.350 e. The van der Waals surface area contributed by atoms with Crippen molar-refractivity contribution in [2.75, 3.05) is 49.9 Å². The van der Waals surface area contributed by atoms with E-state index in [1.807, 2.05) is 61.4 Å². The van der Waals surface area contributed by atoms with Gasteiger partial charge in [-0.3, -0.25) is 24.7 Å². The molecule has 2 aromatic carbocycles. The second-order valence-electron chi connectivity index (χ2n) is 13.3. The van der Waals surface area contributed by atoms with E-state index in [1.54, 1.807) is 19.3 Å². The van der Waals surface area contributed by atoms with Gasteiger partial charge in [-0.25, -0.2) is 4.39 Å². The standard InChI is InChI=1S/C39H42FN9O/c1-5-12-47-14-16-48(17-15-47)25-28-19-30(39(3,4)26-41)22-31(20-28)46-38(50)34-21-29(27(2)18-35(34)40)8-9-33-10-11-42-37-36(7-6-13-49(33)37)45-32-23-43-44-24-32/h6-7,10,13,18-24,45H,5,11-12,14-17,25H2,1-4H3,(H,43,44)(H,46,50). The number of nitrogens with zero attached hydrogens (tertiary/aromatic N) is 6. The fraction of sp³-hybridized carbons (Fsp3) is 0.333. The molecule has 1 saturated heterocycles. The number of amidine groups is 1. The van der Waals surface area contributed by atoms with Crippen LogP contribution in [0, 0.1) is 35.9 Å². The van der Waals surface area contributed by atoms with Gasteiger partial charge in [0.05, 0.1) is 46.9 Å². The molecule has 0 bridgehead atoms. The fourth-order valence-corrected chi connectivity index (χ4v) is 6.19. The Morgan fingerprint density at radius 3 is 2.62 bits per heavy atom. The summed E-state index contributed by atoms with van der Waals surface area (Å²) in [6.45, 7) is 13.9. The number of fused-ring (bicyclic) bond motifs is 1. The first-order chi connectivity index (χ1) is 24.1. The first-order valence-electron chi connectivity index (χ1n) is 17.0. The van der Waals surface area contributed by atoms with Crippen molar-refractivity contribution in [1.29, 1.82) is 5.26 Å². The summed E-state index contributed by atoms with van der Waals surface area (Å²) in [5.74, 6) is 5.89. The molecule has 0 unspecified atom stereocenters. The minimum Gasteiger partial charge on any atom is -0.350 e. The summed E-state index contributed by atoms with van der Waals surface area (Å²) < 4.78 is 15.4. The number of halogens is 1. The molecule has 1 amide bonds. The monoisotopic (exact) mass is 671 g/mol.